The lowest BCUT2D eigenvalue weighted by atomic mass is 10.2. The van der Waals surface area contributed by atoms with Gasteiger partial charge < -0.3 is 15.4 Å². The molecule has 6 heteroatoms. The zero-order valence-electron chi connectivity index (χ0n) is 11.9. The summed E-state index contributed by atoms with van der Waals surface area (Å²) in [5, 5.41) is 6.26. The molecule has 5 nitrogen and oxygen atoms in total. The number of carbonyl (C=O) groups excluding carboxylic acids is 1. The summed E-state index contributed by atoms with van der Waals surface area (Å²) in [7, 11) is 1.61. The summed E-state index contributed by atoms with van der Waals surface area (Å²) >= 11 is 0. The van der Waals surface area contributed by atoms with Crippen molar-refractivity contribution in [2.24, 2.45) is 0 Å². The minimum atomic E-state index is 0. The molecule has 1 heterocycles. The van der Waals surface area contributed by atoms with E-state index in [1.807, 2.05) is 24.3 Å². The largest absolute Gasteiger partial charge is 0.497 e. The molecule has 1 aliphatic heterocycles. The third kappa shape index (κ3) is 5.00. The van der Waals surface area contributed by atoms with Gasteiger partial charge in [0.05, 0.1) is 13.7 Å². The molecule has 1 atom stereocenters. The van der Waals surface area contributed by atoms with E-state index < -0.39 is 0 Å². The highest BCUT2D eigenvalue weighted by molar-refractivity contribution is 5.92. The number of piperazine rings is 1. The lowest BCUT2D eigenvalue weighted by Crippen LogP contribution is -2.51. The first-order valence-electron chi connectivity index (χ1n) is 6.57. The van der Waals surface area contributed by atoms with Gasteiger partial charge in [0.2, 0.25) is 5.91 Å². The summed E-state index contributed by atoms with van der Waals surface area (Å²) in [6, 6.07) is 7.84. The Morgan fingerprint density at radius 1 is 1.55 bits per heavy atom. The Bertz CT molecular complexity index is 442. The molecule has 0 bridgehead atoms. The van der Waals surface area contributed by atoms with Gasteiger partial charge in [-0.3, -0.25) is 9.69 Å². The van der Waals surface area contributed by atoms with Crippen LogP contribution in [0.5, 0.6) is 5.75 Å². The molecule has 1 fully saturated rings. The van der Waals surface area contributed by atoms with Gasteiger partial charge in [-0.2, -0.15) is 0 Å². The Labute approximate surface area is 126 Å². The van der Waals surface area contributed by atoms with Crippen LogP contribution in [0.1, 0.15) is 6.92 Å². The molecule has 0 saturated carbocycles. The Hall–Kier alpha value is -1.30. The number of benzene rings is 1. The van der Waals surface area contributed by atoms with Gasteiger partial charge in [-0.25, -0.2) is 0 Å². The minimum Gasteiger partial charge on any atom is -0.497 e. The SMILES string of the molecule is COc1cccc(NC(=O)CN2CCNC(C)C2)c1.Cl. The van der Waals surface area contributed by atoms with E-state index >= 15 is 0 Å². The monoisotopic (exact) mass is 299 g/mol. The average Bonchev–Trinajstić information content (AvgIpc) is 2.38. The zero-order valence-corrected chi connectivity index (χ0v) is 12.7. The fraction of sp³-hybridized carbons (Fsp3) is 0.500. The molecule has 0 radical (unpaired) electrons. The van der Waals surface area contributed by atoms with Crippen molar-refractivity contribution >= 4 is 24.0 Å². The number of nitrogens with zero attached hydrogens (tertiary/aromatic N) is 1. The smallest absolute Gasteiger partial charge is 0.238 e. The summed E-state index contributed by atoms with van der Waals surface area (Å²) in [6.07, 6.45) is 0. The van der Waals surface area contributed by atoms with E-state index in [0.29, 0.717) is 12.6 Å². The third-order valence-electron chi connectivity index (χ3n) is 3.17. The van der Waals surface area contributed by atoms with Gasteiger partial charge in [0.25, 0.3) is 0 Å². The van der Waals surface area contributed by atoms with Crippen molar-refractivity contribution in [2.45, 2.75) is 13.0 Å². The number of hydrogen-bond acceptors (Lipinski definition) is 4. The van der Waals surface area contributed by atoms with E-state index in [1.165, 1.54) is 0 Å². The molecule has 1 amide bonds. The van der Waals surface area contributed by atoms with Gasteiger partial charge in [0.1, 0.15) is 5.75 Å². The van der Waals surface area contributed by atoms with Crippen LogP contribution in [0.3, 0.4) is 0 Å². The van der Waals surface area contributed by atoms with Crippen LogP contribution >= 0.6 is 12.4 Å². The first-order valence-corrected chi connectivity index (χ1v) is 6.57. The van der Waals surface area contributed by atoms with Crippen LogP contribution in [-0.2, 0) is 4.79 Å². The molecule has 1 saturated heterocycles. The van der Waals surface area contributed by atoms with E-state index in [4.69, 9.17) is 4.74 Å². The summed E-state index contributed by atoms with van der Waals surface area (Å²) in [4.78, 5) is 14.1. The van der Waals surface area contributed by atoms with Crippen molar-refractivity contribution in [1.82, 2.24) is 10.2 Å². The van der Waals surface area contributed by atoms with Gasteiger partial charge in [0, 0.05) is 37.4 Å². The van der Waals surface area contributed by atoms with Crippen molar-refractivity contribution in [3.8, 4) is 5.75 Å². The van der Waals surface area contributed by atoms with Crippen molar-refractivity contribution in [3.63, 3.8) is 0 Å². The summed E-state index contributed by atoms with van der Waals surface area (Å²) in [5.41, 5.74) is 0.771. The molecule has 1 aromatic rings. The van der Waals surface area contributed by atoms with Gasteiger partial charge in [-0.05, 0) is 19.1 Å². The molecule has 1 aliphatic rings. The van der Waals surface area contributed by atoms with Crippen molar-refractivity contribution in [1.29, 1.82) is 0 Å². The summed E-state index contributed by atoms with van der Waals surface area (Å²) in [6.45, 7) is 5.32. The van der Waals surface area contributed by atoms with E-state index in [-0.39, 0.29) is 18.3 Å². The quantitative estimate of drug-likeness (QED) is 0.881. The molecule has 112 valence electrons. The zero-order chi connectivity index (χ0) is 13.7. The number of carbonyl (C=O) groups is 1. The van der Waals surface area contributed by atoms with Gasteiger partial charge in [0.15, 0.2) is 0 Å². The molecular formula is C14H22ClN3O2. The number of ether oxygens (including phenoxy) is 1. The van der Waals surface area contributed by atoms with Crippen LogP contribution in [0, 0.1) is 0 Å². The number of anilines is 1. The number of hydrogen-bond donors (Lipinski definition) is 2. The maximum Gasteiger partial charge on any atom is 0.238 e. The second-order valence-corrected chi connectivity index (χ2v) is 4.87. The van der Waals surface area contributed by atoms with Crippen molar-refractivity contribution < 1.29 is 9.53 Å². The first kappa shape index (κ1) is 16.8. The molecule has 20 heavy (non-hydrogen) atoms. The fourth-order valence-corrected chi connectivity index (χ4v) is 2.26. The molecule has 1 aromatic carbocycles. The first-order chi connectivity index (χ1) is 9.17. The number of methoxy groups -OCH3 is 1. The Balaban J connectivity index is 0.00000200. The molecular weight excluding hydrogens is 278 g/mol. The van der Waals surface area contributed by atoms with Crippen LogP contribution in [0.2, 0.25) is 0 Å². The second-order valence-electron chi connectivity index (χ2n) is 4.87. The van der Waals surface area contributed by atoms with Crippen molar-refractivity contribution in [3.05, 3.63) is 24.3 Å². The average molecular weight is 300 g/mol. The molecule has 1 unspecified atom stereocenters. The fourth-order valence-electron chi connectivity index (χ4n) is 2.26. The third-order valence-corrected chi connectivity index (χ3v) is 3.17. The Morgan fingerprint density at radius 2 is 2.35 bits per heavy atom. The summed E-state index contributed by atoms with van der Waals surface area (Å²) in [5.74, 6) is 0.760. The van der Waals surface area contributed by atoms with E-state index in [2.05, 4.69) is 22.5 Å². The van der Waals surface area contributed by atoms with Crippen LogP contribution in [0.25, 0.3) is 0 Å². The predicted octanol–water partition coefficient (Wildman–Crippen LogP) is 1.35. The van der Waals surface area contributed by atoms with Crippen LogP contribution in [0.4, 0.5) is 5.69 Å². The lowest BCUT2D eigenvalue weighted by molar-refractivity contribution is -0.117. The molecule has 0 aromatic heterocycles. The summed E-state index contributed by atoms with van der Waals surface area (Å²) < 4.78 is 5.13. The highest BCUT2D eigenvalue weighted by Crippen LogP contribution is 2.16. The standard InChI is InChI=1S/C14H21N3O2.ClH/c1-11-9-17(7-6-15-11)10-14(18)16-12-4-3-5-13(8-12)19-2;/h3-5,8,11,15H,6-7,9-10H2,1-2H3,(H,16,18);1H. The van der Waals surface area contributed by atoms with Crippen LogP contribution in [0.15, 0.2) is 24.3 Å². The van der Waals surface area contributed by atoms with E-state index in [9.17, 15) is 4.79 Å². The number of halogens is 1. The number of amides is 1. The normalized spacial score (nSPS) is 19.0. The Morgan fingerprint density at radius 3 is 3.05 bits per heavy atom. The molecule has 2 N–H and O–H groups in total. The number of nitrogens with one attached hydrogen (secondary N) is 2. The Kier molecular flexibility index (Phi) is 6.78. The van der Waals surface area contributed by atoms with Gasteiger partial charge >= 0.3 is 0 Å². The molecule has 0 spiro atoms. The maximum atomic E-state index is 12.0. The lowest BCUT2D eigenvalue weighted by Gasteiger charge is -2.31. The van der Waals surface area contributed by atoms with Gasteiger partial charge in [-0.1, -0.05) is 6.07 Å². The minimum absolute atomic E-state index is 0. The van der Waals surface area contributed by atoms with E-state index in [1.54, 1.807) is 7.11 Å². The van der Waals surface area contributed by atoms with Crippen LogP contribution < -0.4 is 15.4 Å². The maximum absolute atomic E-state index is 12.0. The molecule has 0 aliphatic carbocycles. The van der Waals surface area contributed by atoms with E-state index in [0.717, 1.165) is 31.1 Å². The molecule has 2 rings (SSSR count). The highest BCUT2D eigenvalue weighted by atomic mass is 35.5. The topological polar surface area (TPSA) is 53.6 Å². The number of rotatable bonds is 4. The predicted molar refractivity (Wildman–Crippen MR) is 82.8 cm³/mol. The highest BCUT2D eigenvalue weighted by Gasteiger charge is 2.17. The van der Waals surface area contributed by atoms with Crippen molar-refractivity contribution in [2.75, 3.05) is 38.6 Å². The van der Waals surface area contributed by atoms with Crippen LogP contribution in [-0.4, -0.2) is 50.1 Å². The second kappa shape index (κ2) is 8.09. The van der Waals surface area contributed by atoms with Gasteiger partial charge in [-0.15, -0.1) is 12.4 Å².